The first-order chi connectivity index (χ1) is 15.1. The van der Waals surface area contributed by atoms with E-state index < -0.39 is 0 Å². The van der Waals surface area contributed by atoms with Crippen LogP contribution in [-0.2, 0) is 12.8 Å². The van der Waals surface area contributed by atoms with Crippen LogP contribution in [0.4, 0.5) is 10.2 Å². The van der Waals surface area contributed by atoms with Gasteiger partial charge in [-0.2, -0.15) is 5.10 Å². The number of fused-ring (bicyclic) bond motifs is 2. The second-order valence-corrected chi connectivity index (χ2v) is 8.96. The lowest BCUT2D eigenvalue weighted by molar-refractivity contribution is 0.231. The second-order valence-electron chi connectivity index (χ2n) is 8.96. The maximum Gasteiger partial charge on any atom is 0.155 e. The third-order valence-corrected chi connectivity index (χ3v) is 7.01. The quantitative estimate of drug-likeness (QED) is 0.481. The molecule has 1 aliphatic heterocycles. The van der Waals surface area contributed by atoms with Crippen molar-refractivity contribution in [3.8, 4) is 11.3 Å². The van der Waals surface area contributed by atoms with Crippen molar-refractivity contribution in [2.24, 2.45) is 5.41 Å². The van der Waals surface area contributed by atoms with Crippen LogP contribution < -0.4 is 4.90 Å². The summed E-state index contributed by atoms with van der Waals surface area (Å²) < 4.78 is 15.8. The average Bonchev–Trinajstić information content (AvgIpc) is 3.38. The predicted molar refractivity (Wildman–Crippen MR) is 119 cm³/mol. The zero-order chi connectivity index (χ0) is 21.0. The van der Waals surface area contributed by atoms with Crippen LogP contribution in [0.1, 0.15) is 29.8 Å². The SMILES string of the molecule is Cc1nc(N2CCC3(CC2)Cc2cccnc2C3)c2ccnn2c1-c1cccc(F)c1. The Morgan fingerprint density at radius 2 is 1.87 bits per heavy atom. The number of halogens is 1. The van der Waals surface area contributed by atoms with Crippen molar-refractivity contribution >= 4 is 11.3 Å². The zero-order valence-corrected chi connectivity index (χ0v) is 17.6. The Kier molecular flexibility index (Phi) is 4.10. The van der Waals surface area contributed by atoms with Gasteiger partial charge in [-0.05, 0) is 67.9 Å². The fraction of sp³-hybridized carbons (Fsp3) is 0.320. The average molecular weight is 414 g/mol. The zero-order valence-electron chi connectivity index (χ0n) is 17.6. The van der Waals surface area contributed by atoms with E-state index in [4.69, 9.17) is 4.98 Å². The molecule has 0 bridgehead atoms. The molecular weight excluding hydrogens is 389 g/mol. The third-order valence-electron chi connectivity index (χ3n) is 7.01. The molecule has 0 unspecified atom stereocenters. The van der Waals surface area contributed by atoms with E-state index in [-0.39, 0.29) is 5.82 Å². The first-order valence-corrected chi connectivity index (χ1v) is 10.9. The Labute approximate surface area is 180 Å². The largest absolute Gasteiger partial charge is 0.355 e. The Balaban J connectivity index is 1.32. The van der Waals surface area contributed by atoms with E-state index in [2.05, 4.69) is 27.1 Å². The van der Waals surface area contributed by atoms with E-state index >= 15 is 0 Å². The van der Waals surface area contributed by atoms with Crippen LogP contribution in [0.3, 0.4) is 0 Å². The summed E-state index contributed by atoms with van der Waals surface area (Å²) in [6.07, 6.45) is 8.21. The molecule has 156 valence electrons. The molecule has 1 fully saturated rings. The fourth-order valence-corrected chi connectivity index (χ4v) is 5.43. The van der Waals surface area contributed by atoms with Gasteiger partial charge in [-0.1, -0.05) is 18.2 Å². The summed E-state index contributed by atoms with van der Waals surface area (Å²) in [5.41, 5.74) is 6.49. The molecule has 6 heteroatoms. The highest BCUT2D eigenvalue weighted by Gasteiger charge is 2.41. The minimum absolute atomic E-state index is 0.255. The minimum Gasteiger partial charge on any atom is -0.355 e. The maximum atomic E-state index is 13.9. The van der Waals surface area contributed by atoms with Gasteiger partial charge in [0.05, 0.1) is 17.6 Å². The van der Waals surface area contributed by atoms with Gasteiger partial charge in [-0.3, -0.25) is 4.98 Å². The van der Waals surface area contributed by atoms with Crippen molar-refractivity contribution in [1.82, 2.24) is 19.6 Å². The number of pyridine rings is 1. The fourth-order valence-electron chi connectivity index (χ4n) is 5.43. The first-order valence-electron chi connectivity index (χ1n) is 10.9. The van der Waals surface area contributed by atoms with Gasteiger partial charge in [0.25, 0.3) is 0 Å². The molecular formula is C25H24FN5. The summed E-state index contributed by atoms with van der Waals surface area (Å²) in [7, 11) is 0. The second kappa shape index (κ2) is 6.87. The summed E-state index contributed by atoms with van der Waals surface area (Å²) in [6.45, 7) is 3.93. The number of rotatable bonds is 2. The predicted octanol–water partition coefficient (Wildman–Crippen LogP) is 4.62. The number of anilines is 1. The summed E-state index contributed by atoms with van der Waals surface area (Å²) in [6, 6.07) is 12.9. The van der Waals surface area contributed by atoms with Crippen molar-refractivity contribution in [3.63, 3.8) is 0 Å². The van der Waals surface area contributed by atoms with Crippen LogP contribution >= 0.6 is 0 Å². The number of aryl methyl sites for hydroxylation is 1. The molecule has 0 atom stereocenters. The Bertz CT molecular complexity index is 1260. The van der Waals surface area contributed by atoms with Crippen LogP contribution in [0.25, 0.3) is 16.8 Å². The highest BCUT2D eigenvalue weighted by molar-refractivity contribution is 5.75. The Morgan fingerprint density at radius 1 is 1.00 bits per heavy atom. The number of piperidine rings is 1. The summed E-state index contributed by atoms with van der Waals surface area (Å²) in [5.74, 6) is 0.716. The van der Waals surface area contributed by atoms with Gasteiger partial charge in [-0.25, -0.2) is 13.9 Å². The van der Waals surface area contributed by atoms with Gasteiger partial charge in [-0.15, -0.1) is 0 Å². The lowest BCUT2D eigenvalue weighted by atomic mass is 9.76. The molecule has 4 aromatic rings. The van der Waals surface area contributed by atoms with Gasteiger partial charge < -0.3 is 4.90 Å². The molecule has 2 aliphatic rings. The molecule has 6 rings (SSSR count). The molecule has 1 aromatic carbocycles. The normalized spacial score (nSPS) is 17.4. The van der Waals surface area contributed by atoms with Crippen molar-refractivity contribution < 1.29 is 4.39 Å². The van der Waals surface area contributed by atoms with E-state index in [0.717, 1.165) is 67.1 Å². The maximum absolute atomic E-state index is 13.9. The molecule has 3 aromatic heterocycles. The smallest absolute Gasteiger partial charge is 0.155 e. The molecule has 4 heterocycles. The lowest BCUT2D eigenvalue weighted by Crippen LogP contribution is -2.41. The van der Waals surface area contributed by atoms with E-state index in [9.17, 15) is 4.39 Å². The van der Waals surface area contributed by atoms with E-state index in [1.54, 1.807) is 18.3 Å². The van der Waals surface area contributed by atoms with Crippen LogP contribution in [0.5, 0.6) is 0 Å². The van der Waals surface area contributed by atoms with Crippen LogP contribution in [0, 0.1) is 18.2 Å². The number of hydrogen-bond donors (Lipinski definition) is 0. The minimum atomic E-state index is -0.255. The molecule has 1 saturated heterocycles. The molecule has 1 aliphatic carbocycles. The van der Waals surface area contributed by atoms with Crippen molar-refractivity contribution in [3.05, 3.63) is 77.6 Å². The van der Waals surface area contributed by atoms with Crippen LogP contribution in [0.15, 0.2) is 54.9 Å². The number of aromatic nitrogens is 4. The summed E-state index contributed by atoms with van der Waals surface area (Å²) in [4.78, 5) is 12.0. The van der Waals surface area contributed by atoms with Gasteiger partial charge in [0.15, 0.2) is 5.82 Å². The number of hydrogen-bond acceptors (Lipinski definition) is 4. The highest BCUT2D eigenvalue weighted by Crippen LogP contribution is 2.44. The number of nitrogens with zero attached hydrogens (tertiary/aromatic N) is 5. The summed E-state index contributed by atoms with van der Waals surface area (Å²) in [5, 5.41) is 4.56. The van der Waals surface area contributed by atoms with Crippen molar-refractivity contribution in [2.75, 3.05) is 18.0 Å². The molecule has 0 saturated carbocycles. The van der Waals surface area contributed by atoms with Crippen LogP contribution in [-0.4, -0.2) is 32.7 Å². The summed E-state index contributed by atoms with van der Waals surface area (Å²) >= 11 is 0. The molecule has 0 amide bonds. The molecule has 1 spiro atoms. The monoisotopic (exact) mass is 413 g/mol. The lowest BCUT2D eigenvalue weighted by Gasteiger charge is -2.40. The highest BCUT2D eigenvalue weighted by atomic mass is 19.1. The molecule has 5 nitrogen and oxygen atoms in total. The van der Waals surface area contributed by atoms with E-state index in [0.29, 0.717) is 5.41 Å². The van der Waals surface area contributed by atoms with Gasteiger partial charge in [0.1, 0.15) is 11.3 Å². The first kappa shape index (κ1) is 18.5. The topological polar surface area (TPSA) is 46.3 Å². The number of benzene rings is 1. The van der Waals surface area contributed by atoms with E-state index in [1.807, 2.05) is 29.8 Å². The molecule has 0 N–H and O–H groups in total. The van der Waals surface area contributed by atoms with Gasteiger partial charge in [0, 0.05) is 30.5 Å². The van der Waals surface area contributed by atoms with Crippen LogP contribution in [0.2, 0.25) is 0 Å². The molecule has 31 heavy (non-hydrogen) atoms. The Morgan fingerprint density at radius 3 is 2.68 bits per heavy atom. The van der Waals surface area contributed by atoms with Crippen molar-refractivity contribution in [1.29, 1.82) is 0 Å². The van der Waals surface area contributed by atoms with E-state index in [1.165, 1.54) is 17.3 Å². The van der Waals surface area contributed by atoms with Gasteiger partial charge >= 0.3 is 0 Å². The third kappa shape index (κ3) is 3.00. The van der Waals surface area contributed by atoms with Gasteiger partial charge in [0.2, 0.25) is 0 Å². The molecule has 0 radical (unpaired) electrons. The Hall–Kier alpha value is -3.28. The van der Waals surface area contributed by atoms with Crippen molar-refractivity contribution in [2.45, 2.75) is 32.6 Å². The standard InChI is InChI=1S/C25H24FN5/c1-17-23(18-4-2-6-20(26)14-18)31-22(7-11-28-31)24(29-17)30-12-8-25(9-13-30)15-19-5-3-10-27-21(19)16-25/h2-7,10-11,14H,8-9,12-13,15-16H2,1H3.